The van der Waals surface area contributed by atoms with E-state index in [4.69, 9.17) is 18.6 Å². The summed E-state index contributed by atoms with van der Waals surface area (Å²) in [5.41, 5.74) is 7.27. The van der Waals surface area contributed by atoms with Crippen LogP contribution in [-0.4, -0.2) is 49.5 Å². The Bertz CT molecular complexity index is 1530. The monoisotopic (exact) mass is 572 g/mol. The minimum atomic E-state index is -0.521. The van der Waals surface area contributed by atoms with Gasteiger partial charge in [0.25, 0.3) is 0 Å². The van der Waals surface area contributed by atoms with Gasteiger partial charge >= 0.3 is 11.9 Å². The van der Waals surface area contributed by atoms with Crippen LogP contribution in [0, 0.1) is 13.8 Å². The first kappa shape index (κ1) is 30.0. The first-order valence-corrected chi connectivity index (χ1v) is 13.5. The van der Waals surface area contributed by atoms with Gasteiger partial charge in [-0.05, 0) is 88.4 Å². The number of aryl methyl sites for hydroxylation is 2. The lowest BCUT2D eigenvalue weighted by atomic mass is 10.2. The van der Waals surface area contributed by atoms with Crippen LogP contribution >= 0.6 is 0 Å². The van der Waals surface area contributed by atoms with Crippen molar-refractivity contribution in [3.8, 4) is 17.2 Å². The molecular formula is C32H36N4O6. The average Bonchev–Trinajstić information content (AvgIpc) is 3.57. The van der Waals surface area contributed by atoms with Crippen molar-refractivity contribution in [1.29, 1.82) is 0 Å². The smallest absolute Gasteiger partial charge is 0.344 e. The van der Waals surface area contributed by atoms with Crippen LogP contribution in [0.3, 0.4) is 0 Å². The van der Waals surface area contributed by atoms with E-state index in [0.29, 0.717) is 22.8 Å². The average molecular weight is 573 g/mol. The fourth-order valence-corrected chi connectivity index (χ4v) is 4.18. The third kappa shape index (κ3) is 7.81. The summed E-state index contributed by atoms with van der Waals surface area (Å²) < 4.78 is 24.5. The zero-order valence-electron chi connectivity index (χ0n) is 24.7. The molecular weight excluding hydrogens is 536 g/mol. The fraction of sp³-hybridized carbons (Fsp3) is 0.281. The second-order valence-electron chi connectivity index (χ2n) is 10.1. The lowest BCUT2D eigenvalue weighted by Crippen LogP contribution is -2.19. The van der Waals surface area contributed by atoms with Gasteiger partial charge in [-0.3, -0.25) is 4.79 Å². The molecule has 42 heavy (non-hydrogen) atoms. The van der Waals surface area contributed by atoms with Gasteiger partial charge in [-0.25, -0.2) is 10.2 Å². The highest BCUT2D eigenvalue weighted by Crippen LogP contribution is 2.24. The molecule has 10 nitrogen and oxygen atoms in total. The van der Waals surface area contributed by atoms with E-state index >= 15 is 0 Å². The molecule has 0 aliphatic heterocycles. The number of amides is 1. The Morgan fingerprint density at radius 3 is 2.36 bits per heavy atom. The van der Waals surface area contributed by atoms with Gasteiger partial charge in [0.05, 0.1) is 12.3 Å². The van der Waals surface area contributed by atoms with E-state index in [-0.39, 0.29) is 25.1 Å². The highest BCUT2D eigenvalue weighted by molar-refractivity contribution is 5.93. The van der Waals surface area contributed by atoms with Gasteiger partial charge in [0.1, 0.15) is 23.9 Å². The van der Waals surface area contributed by atoms with Crippen molar-refractivity contribution < 1.29 is 28.2 Å². The molecule has 1 amide bonds. The number of hydrazone groups is 1. The third-order valence-corrected chi connectivity index (χ3v) is 6.23. The molecule has 0 fully saturated rings. The maximum atomic E-state index is 12.6. The van der Waals surface area contributed by atoms with Crippen molar-refractivity contribution in [3.63, 3.8) is 0 Å². The van der Waals surface area contributed by atoms with Gasteiger partial charge in [-0.15, -0.1) is 0 Å². The van der Waals surface area contributed by atoms with Crippen molar-refractivity contribution in [2.75, 3.05) is 25.6 Å². The molecule has 0 saturated heterocycles. The van der Waals surface area contributed by atoms with Crippen molar-refractivity contribution in [2.45, 2.75) is 40.4 Å². The van der Waals surface area contributed by atoms with E-state index in [0.717, 1.165) is 22.8 Å². The van der Waals surface area contributed by atoms with Crippen molar-refractivity contribution in [3.05, 3.63) is 95.2 Å². The summed E-state index contributed by atoms with van der Waals surface area (Å²) in [4.78, 5) is 26.5. The third-order valence-electron chi connectivity index (χ3n) is 6.23. The Morgan fingerprint density at radius 1 is 0.976 bits per heavy atom. The molecule has 4 rings (SSSR count). The first-order chi connectivity index (χ1) is 20.1. The number of rotatable bonds is 12. The molecule has 2 aromatic heterocycles. The maximum Gasteiger partial charge on any atom is 0.344 e. The molecule has 4 aromatic rings. The summed E-state index contributed by atoms with van der Waals surface area (Å²) in [6.07, 6.45) is 1.20. The quantitative estimate of drug-likeness (QED) is 0.137. The Kier molecular flexibility index (Phi) is 9.69. The summed E-state index contributed by atoms with van der Waals surface area (Å²) in [5, 5.41) is 4.05. The van der Waals surface area contributed by atoms with Crippen LogP contribution in [0.2, 0.25) is 0 Å². The standard InChI is InChI=1S/C32H36N4O6/c1-21(2)41-31(37)20-40-30-17-26(35(5)6)10-9-24(30)18-33-34-32(38)29-16-15-28(42-29)19-39-27-13-11-25(12-14-27)36-22(3)7-8-23(36)4/h7-18,21H,19-20H2,1-6H3,(H,34,38)/b33-18+. The minimum absolute atomic E-state index is 0.0931. The number of esters is 1. The van der Waals surface area contributed by atoms with Gasteiger partial charge < -0.3 is 28.1 Å². The SMILES string of the molecule is Cc1ccc(C)n1-c1ccc(OCc2ccc(C(=O)N/N=C/c3ccc(N(C)C)cc3OCC(=O)OC(C)C)o2)cc1. The lowest BCUT2D eigenvalue weighted by Gasteiger charge is -2.16. The van der Waals surface area contributed by atoms with E-state index < -0.39 is 11.9 Å². The normalized spacial score (nSPS) is 11.1. The number of ether oxygens (including phenoxy) is 3. The molecule has 1 N–H and O–H groups in total. The van der Waals surface area contributed by atoms with E-state index in [1.807, 2.05) is 49.3 Å². The Morgan fingerprint density at radius 2 is 1.69 bits per heavy atom. The van der Waals surface area contributed by atoms with Crippen molar-refractivity contribution in [1.82, 2.24) is 9.99 Å². The summed E-state index contributed by atoms with van der Waals surface area (Å²) in [6.45, 7) is 7.58. The van der Waals surface area contributed by atoms with Gasteiger partial charge in [0.2, 0.25) is 0 Å². The van der Waals surface area contributed by atoms with Gasteiger partial charge in [0, 0.05) is 48.5 Å². The van der Waals surface area contributed by atoms with E-state index in [9.17, 15) is 9.59 Å². The second-order valence-corrected chi connectivity index (χ2v) is 10.1. The number of benzene rings is 2. The molecule has 0 spiro atoms. The van der Waals surface area contributed by atoms with E-state index in [1.54, 1.807) is 38.1 Å². The first-order valence-electron chi connectivity index (χ1n) is 13.5. The number of anilines is 1. The number of carbonyl (C=O) groups excluding carboxylic acids is 2. The molecule has 10 heteroatoms. The molecule has 0 unspecified atom stereocenters. The number of nitrogens with zero attached hydrogens (tertiary/aromatic N) is 3. The van der Waals surface area contributed by atoms with Crippen LogP contribution in [0.1, 0.15) is 47.1 Å². The molecule has 0 saturated carbocycles. The van der Waals surface area contributed by atoms with Crippen LogP contribution in [-0.2, 0) is 16.1 Å². The molecule has 0 aliphatic rings. The van der Waals surface area contributed by atoms with Crippen LogP contribution in [0.4, 0.5) is 5.69 Å². The zero-order chi connectivity index (χ0) is 30.2. The van der Waals surface area contributed by atoms with Crippen LogP contribution in [0.25, 0.3) is 5.69 Å². The van der Waals surface area contributed by atoms with Crippen LogP contribution < -0.4 is 19.8 Å². The molecule has 0 aliphatic carbocycles. The second kappa shape index (κ2) is 13.6. The number of nitrogens with one attached hydrogen (secondary N) is 1. The van der Waals surface area contributed by atoms with Gasteiger partial charge in [-0.1, -0.05) is 0 Å². The Labute approximate surface area is 245 Å². The topological polar surface area (TPSA) is 108 Å². The zero-order valence-corrected chi connectivity index (χ0v) is 24.7. The molecule has 2 heterocycles. The number of carbonyl (C=O) groups is 2. The summed E-state index contributed by atoms with van der Waals surface area (Å²) in [6, 6.07) is 20.6. The van der Waals surface area contributed by atoms with Crippen molar-refractivity contribution in [2.24, 2.45) is 5.10 Å². The van der Waals surface area contributed by atoms with E-state index in [1.165, 1.54) is 6.21 Å². The van der Waals surface area contributed by atoms with Crippen LogP contribution in [0.15, 0.2) is 76.2 Å². The van der Waals surface area contributed by atoms with Gasteiger partial charge in [0.15, 0.2) is 12.4 Å². The minimum Gasteiger partial charge on any atom is -0.486 e. The highest BCUT2D eigenvalue weighted by atomic mass is 16.6. The summed E-state index contributed by atoms with van der Waals surface area (Å²) in [7, 11) is 3.79. The lowest BCUT2D eigenvalue weighted by molar-refractivity contribution is -0.149. The van der Waals surface area contributed by atoms with Crippen molar-refractivity contribution >= 4 is 23.8 Å². The number of furan rings is 1. The largest absolute Gasteiger partial charge is 0.486 e. The Balaban J connectivity index is 1.33. The molecule has 2 aromatic carbocycles. The maximum absolute atomic E-state index is 12.6. The molecule has 0 atom stereocenters. The Hall–Kier alpha value is -4.99. The van der Waals surface area contributed by atoms with E-state index in [2.05, 4.69) is 41.1 Å². The summed E-state index contributed by atoms with van der Waals surface area (Å²) >= 11 is 0. The molecule has 220 valence electrons. The number of hydrogen-bond acceptors (Lipinski definition) is 8. The fourth-order valence-electron chi connectivity index (χ4n) is 4.18. The molecule has 0 radical (unpaired) electrons. The highest BCUT2D eigenvalue weighted by Gasteiger charge is 2.13. The van der Waals surface area contributed by atoms with Gasteiger partial charge in [-0.2, -0.15) is 5.10 Å². The predicted molar refractivity (Wildman–Crippen MR) is 161 cm³/mol. The number of aromatic nitrogens is 1. The van der Waals surface area contributed by atoms with Crippen LogP contribution in [0.5, 0.6) is 11.5 Å². The number of hydrogen-bond donors (Lipinski definition) is 1. The predicted octanol–water partition coefficient (Wildman–Crippen LogP) is 5.43. The molecule has 0 bridgehead atoms. The summed E-state index contributed by atoms with van der Waals surface area (Å²) in [5.74, 6) is 0.692.